The van der Waals surface area contributed by atoms with E-state index in [9.17, 15) is 10.1 Å². The summed E-state index contributed by atoms with van der Waals surface area (Å²) in [7, 11) is 0. The number of nitro groups is 1. The van der Waals surface area contributed by atoms with E-state index in [1.54, 1.807) is 24.3 Å². The van der Waals surface area contributed by atoms with Crippen LogP contribution in [0.25, 0.3) is 6.08 Å². The summed E-state index contributed by atoms with van der Waals surface area (Å²) < 4.78 is 10.8. The van der Waals surface area contributed by atoms with E-state index in [2.05, 4.69) is 6.58 Å². The molecule has 1 aromatic carbocycles. The topological polar surface area (TPSA) is 61.6 Å². The van der Waals surface area contributed by atoms with Gasteiger partial charge in [-0.3, -0.25) is 10.1 Å². The molecule has 96 valence electrons. The zero-order chi connectivity index (χ0) is 13.4. The highest BCUT2D eigenvalue weighted by Crippen LogP contribution is 2.29. The van der Waals surface area contributed by atoms with Crippen LogP contribution in [0.2, 0.25) is 0 Å². The Morgan fingerprint density at radius 2 is 2.17 bits per heavy atom. The molecule has 0 aliphatic carbocycles. The summed E-state index contributed by atoms with van der Waals surface area (Å²) in [5.74, 6) is 1.15. The highest BCUT2D eigenvalue weighted by Gasteiger charge is 2.05. The van der Waals surface area contributed by atoms with Gasteiger partial charge in [-0.2, -0.15) is 0 Å². The van der Waals surface area contributed by atoms with Crippen LogP contribution in [-0.2, 0) is 0 Å². The summed E-state index contributed by atoms with van der Waals surface area (Å²) in [5.41, 5.74) is 0.682. The highest BCUT2D eigenvalue weighted by molar-refractivity contribution is 5.55. The molecule has 1 rings (SSSR count). The van der Waals surface area contributed by atoms with Crippen molar-refractivity contribution < 1.29 is 14.4 Å². The largest absolute Gasteiger partial charge is 0.490 e. The lowest BCUT2D eigenvalue weighted by atomic mass is 10.2. The standard InChI is InChI=1S/C13H15NO4/c1-3-9-18-12-6-5-11(7-8-14(15)16)10-13(12)17-4-2/h3,5-8,10H,1,4,9H2,2H3. The molecule has 0 radical (unpaired) electrons. The maximum Gasteiger partial charge on any atom is 0.235 e. The first-order valence-electron chi connectivity index (χ1n) is 5.49. The highest BCUT2D eigenvalue weighted by atomic mass is 16.6. The molecule has 0 fully saturated rings. The summed E-state index contributed by atoms with van der Waals surface area (Å²) in [4.78, 5) is 9.73. The third-order valence-electron chi connectivity index (χ3n) is 2.01. The Kier molecular flexibility index (Phi) is 5.44. The quantitative estimate of drug-likeness (QED) is 0.423. The summed E-state index contributed by atoms with van der Waals surface area (Å²) in [6.45, 7) is 6.30. The van der Waals surface area contributed by atoms with Crippen LogP contribution in [0.5, 0.6) is 11.5 Å². The number of ether oxygens (including phenoxy) is 2. The van der Waals surface area contributed by atoms with E-state index in [4.69, 9.17) is 9.47 Å². The van der Waals surface area contributed by atoms with Crippen molar-refractivity contribution in [1.82, 2.24) is 0 Å². The Morgan fingerprint density at radius 1 is 1.39 bits per heavy atom. The first-order valence-corrected chi connectivity index (χ1v) is 5.49. The van der Waals surface area contributed by atoms with Gasteiger partial charge in [0.15, 0.2) is 11.5 Å². The van der Waals surface area contributed by atoms with Crippen LogP contribution in [0.3, 0.4) is 0 Å². The fourth-order valence-electron chi connectivity index (χ4n) is 1.31. The Morgan fingerprint density at radius 3 is 2.78 bits per heavy atom. The number of rotatable bonds is 7. The predicted octanol–water partition coefficient (Wildman–Crippen LogP) is 2.90. The second-order valence-electron chi connectivity index (χ2n) is 3.34. The molecule has 0 amide bonds. The summed E-state index contributed by atoms with van der Waals surface area (Å²) >= 11 is 0. The fraction of sp³-hybridized carbons (Fsp3) is 0.231. The molecule has 0 aromatic heterocycles. The third-order valence-corrected chi connectivity index (χ3v) is 2.01. The Hall–Kier alpha value is -2.30. The minimum absolute atomic E-state index is 0.379. The number of benzene rings is 1. The maximum atomic E-state index is 10.2. The van der Waals surface area contributed by atoms with Crippen molar-refractivity contribution in [2.45, 2.75) is 6.92 Å². The van der Waals surface area contributed by atoms with Crippen LogP contribution in [0.1, 0.15) is 12.5 Å². The van der Waals surface area contributed by atoms with Crippen molar-refractivity contribution in [2.75, 3.05) is 13.2 Å². The number of nitrogens with zero attached hydrogens (tertiary/aromatic N) is 1. The van der Waals surface area contributed by atoms with Gasteiger partial charge >= 0.3 is 0 Å². The van der Waals surface area contributed by atoms with Crippen molar-refractivity contribution in [3.8, 4) is 11.5 Å². The van der Waals surface area contributed by atoms with E-state index in [1.165, 1.54) is 6.08 Å². The van der Waals surface area contributed by atoms with Crippen molar-refractivity contribution in [1.29, 1.82) is 0 Å². The van der Waals surface area contributed by atoms with Gasteiger partial charge in [-0.25, -0.2) is 0 Å². The van der Waals surface area contributed by atoms with Crippen molar-refractivity contribution in [3.63, 3.8) is 0 Å². The zero-order valence-electron chi connectivity index (χ0n) is 10.2. The lowest BCUT2D eigenvalue weighted by Crippen LogP contribution is -1.99. The molecular formula is C13H15NO4. The van der Waals surface area contributed by atoms with Gasteiger partial charge < -0.3 is 9.47 Å². The summed E-state index contributed by atoms with van der Waals surface area (Å²) in [6.07, 6.45) is 3.92. The van der Waals surface area contributed by atoms with Gasteiger partial charge in [-0.1, -0.05) is 18.7 Å². The molecule has 0 saturated heterocycles. The van der Waals surface area contributed by atoms with Crippen molar-refractivity contribution in [2.24, 2.45) is 0 Å². The number of hydrogen-bond donors (Lipinski definition) is 0. The van der Waals surface area contributed by atoms with E-state index in [1.807, 2.05) is 6.92 Å². The zero-order valence-corrected chi connectivity index (χ0v) is 10.2. The average molecular weight is 249 g/mol. The molecule has 0 saturated carbocycles. The van der Waals surface area contributed by atoms with Crippen LogP contribution in [-0.4, -0.2) is 18.1 Å². The van der Waals surface area contributed by atoms with Crippen LogP contribution in [0, 0.1) is 10.1 Å². The molecule has 0 N–H and O–H groups in total. The predicted molar refractivity (Wildman–Crippen MR) is 69.3 cm³/mol. The van der Waals surface area contributed by atoms with E-state index < -0.39 is 4.92 Å². The Labute approximate surface area is 105 Å². The maximum absolute atomic E-state index is 10.2. The van der Waals surface area contributed by atoms with Crippen LogP contribution >= 0.6 is 0 Å². The normalized spacial score (nSPS) is 10.3. The van der Waals surface area contributed by atoms with E-state index in [0.29, 0.717) is 30.3 Å². The van der Waals surface area contributed by atoms with Crippen LogP contribution in [0.15, 0.2) is 37.1 Å². The SMILES string of the molecule is C=CCOc1ccc(C=C[N+](=O)[O-])cc1OCC. The molecule has 5 heteroatoms. The van der Waals surface area contributed by atoms with Crippen molar-refractivity contribution >= 4 is 6.08 Å². The minimum Gasteiger partial charge on any atom is -0.490 e. The van der Waals surface area contributed by atoms with Crippen LogP contribution in [0.4, 0.5) is 0 Å². The van der Waals surface area contributed by atoms with Gasteiger partial charge in [0.2, 0.25) is 6.20 Å². The van der Waals surface area contributed by atoms with E-state index in [0.717, 1.165) is 6.20 Å². The van der Waals surface area contributed by atoms with Crippen LogP contribution < -0.4 is 9.47 Å². The molecule has 0 spiro atoms. The van der Waals surface area contributed by atoms with Gasteiger partial charge in [0.05, 0.1) is 11.5 Å². The van der Waals surface area contributed by atoms with Crippen molar-refractivity contribution in [3.05, 3.63) is 52.7 Å². The minimum atomic E-state index is -0.511. The second-order valence-corrected chi connectivity index (χ2v) is 3.34. The second kappa shape index (κ2) is 7.11. The molecule has 0 heterocycles. The summed E-state index contributed by atoms with van der Waals surface area (Å²) in [5, 5.41) is 10.2. The van der Waals surface area contributed by atoms with E-state index in [-0.39, 0.29) is 0 Å². The molecule has 5 nitrogen and oxygen atoms in total. The molecule has 18 heavy (non-hydrogen) atoms. The molecule has 0 atom stereocenters. The average Bonchev–Trinajstić information content (AvgIpc) is 2.35. The van der Waals surface area contributed by atoms with Gasteiger partial charge in [0.25, 0.3) is 0 Å². The molecule has 0 aliphatic rings. The Balaban J connectivity index is 2.94. The summed E-state index contributed by atoms with van der Waals surface area (Å²) in [6, 6.07) is 5.14. The third kappa shape index (κ3) is 4.29. The molecule has 0 aliphatic heterocycles. The molecule has 1 aromatic rings. The first-order chi connectivity index (χ1) is 8.67. The van der Waals surface area contributed by atoms with Gasteiger partial charge in [-0.05, 0) is 24.6 Å². The first kappa shape index (κ1) is 13.8. The smallest absolute Gasteiger partial charge is 0.235 e. The monoisotopic (exact) mass is 249 g/mol. The van der Waals surface area contributed by atoms with E-state index >= 15 is 0 Å². The van der Waals surface area contributed by atoms with Gasteiger partial charge in [0.1, 0.15) is 6.61 Å². The lowest BCUT2D eigenvalue weighted by molar-refractivity contribution is -0.400. The van der Waals surface area contributed by atoms with Gasteiger partial charge in [-0.15, -0.1) is 0 Å². The number of hydrogen-bond acceptors (Lipinski definition) is 4. The molecular weight excluding hydrogens is 234 g/mol. The lowest BCUT2D eigenvalue weighted by Gasteiger charge is -2.11. The molecule has 0 bridgehead atoms. The molecule has 0 unspecified atom stereocenters. The van der Waals surface area contributed by atoms with Gasteiger partial charge in [0, 0.05) is 6.08 Å². The fourth-order valence-corrected chi connectivity index (χ4v) is 1.31. The Bertz CT molecular complexity index is 454.